The molecule has 0 aliphatic carbocycles. The molecule has 0 aromatic carbocycles. The summed E-state index contributed by atoms with van der Waals surface area (Å²) in [4.78, 5) is 34.5. The molecular weight excluding hydrogens is 270 g/mol. The Morgan fingerprint density at radius 1 is 1.38 bits per heavy atom. The van der Waals surface area contributed by atoms with E-state index in [1.807, 2.05) is 0 Å². The number of hydrogen-bond donors (Lipinski definition) is 2. The summed E-state index contributed by atoms with van der Waals surface area (Å²) in [5.74, 6) is 0.467. The van der Waals surface area contributed by atoms with Crippen molar-refractivity contribution >= 4 is 17.8 Å². The number of nitrogens with zero attached hydrogens (tertiary/aromatic N) is 3. The highest BCUT2D eigenvalue weighted by molar-refractivity contribution is 5.95. The number of nitrogens with one attached hydrogen (secondary N) is 2. The summed E-state index contributed by atoms with van der Waals surface area (Å²) in [6, 6.07) is 0. The molecule has 1 aromatic rings. The molecule has 21 heavy (non-hydrogen) atoms. The van der Waals surface area contributed by atoms with Crippen molar-refractivity contribution in [1.82, 2.24) is 20.2 Å². The molecule has 2 aliphatic heterocycles. The number of hydrogen-bond acceptors (Lipinski definition) is 5. The molecule has 0 unspecified atom stereocenters. The van der Waals surface area contributed by atoms with Gasteiger partial charge in [0, 0.05) is 39.1 Å². The fourth-order valence-electron chi connectivity index (χ4n) is 3.12. The maximum absolute atomic E-state index is 12.5. The molecular formula is C14H19N5O2. The Balaban J connectivity index is 1.73. The van der Waals surface area contributed by atoms with Crippen LogP contribution in [0.4, 0.5) is 5.95 Å². The van der Waals surface area contributed by atoms with Gasteiger partial charge in [-0.1, -0.05) is 0 Å². The van der Waals surface area contributed by atoms with Gasteiger partial charge in [-0.15, -0.1) is 0 Å². The van der Waals surface area contributed by atoms with Crippen LogP contribution in [-0.2, 0) is 4.79 Å². The van der Waals surface area contributed by atoms with Gasteiger partial charge in [-0.2, -0.15) is 0 Å². The van der Waals surface area contributed by atoms with Crippen LogP contribution in [0.3, 0.4) is 0 Å². The topological polar surface area (TPSA) is 87.2 Å². The first-order chi connectivity index (χ1) is 10.1. The number of amides is 2. The van der Waals surface area contributed by atoms with E-state index in [1.54, 1.807) is 11.9 Å². The lowest BCUT2D eigenvalue weighted by Gasteiger charge is -2.32. The van der Waals surface area contributed by atoms with Crippen LogP contribution in [0.1, 0.15) is 29.6 Å². The summed E-state index contributed by atoms with van der Waals surface area (Å²) < 4.78 is 0. The molecule has 1 spiro atoms. The van der Waals surface area contributed by atoms with E-state index >= 15 is 0 Å². The van der Waals surface area contributed by atoms with Crippen molar-refractivity contribution in [2.45, 2.75) is 19.3 Å². The third-order valence-electron chi connectivity index (χ3n) is 4.36. The first-order valence-corrected chi connectivity index (χ1v) is 7.22. The van der Waals surface area contributed by atoms with Crippen LogP contribution in [0.5, 0.6) is 0 Å². The second-order valence-electron chi connectivity index (χ2n) is 5.66. The predicted octanol–water partition coefficient (Wildman–Crippen LogP) is 0.261. The summed E-state index contributed by atoms with van der Waals surface area (Å²) in [6.07, 6.45) is 5.62. The number of carbonyl (C=O) groups is 2. The zero-order valence-electron chi connectivity index (χ0n) is 12.1. The Bertz CT molecular complexity index is 559. The van der Waals surface area contributed by atoms with Gasteiger partial charge in [0.25, 0.3) is 5.91 Å². The third kappa shape index (κ3) is 2.43. The first kappa shape index (κ1) is 13.8. The summed E-state index contributed by atoms with van der Waals surface area (Å²) in [5, 5.41) is 5.73. The minimum Gasteiger partial charge on any atom is -0.357 e. The van der Waals surface area contributed by atoms with Crippen molar-refractivity contribution in [3.63, 3.8) is 0 Å². The van der Waals surface area contributed by atoms with Gasteiger partial charge in [-0.3, -0.25) is 9.59 Å². The average molecular weight is 289 g/mol. The molecule has 1 atom stereocenters. The summed E-state index contributed by atoms with van der Waals surface area (Å²) in [6.45, 7) is 1.85. The standard InChI is InChI=1S/C14H19N5O2/c1-15-13-17-7-10(8-18-13)11(20)19-6-4-14(9-19)3-2-5-16-12(14)21/h7-8H,2-6,9H2,1H3,(H,16,21)(H,15,17,18)/t14-/m0/s1. The third-order valence-corrected chi connectivity index (χ3v) is 4.36. The molecule has 2 amide bonds. The highest BCUT2D eigenvalue weighted by atomic mass is 16.2. The first-order valence-electron chi connectivity index (χ1n) is 7.22. The van der Waals surface area contributed by atoms with Crippen LogP contribution in [0.15, 0.2) is 12.4 Å². The Morgan fingerprint density at radius 3 is 2.81 bits per heavy atom. The van der Waals surface area contributed by atoms with Crippen molar-refractivity contribution in [2.24, 2.45) is 5.41 Å². The summed E-state index contributed by atoms with van der Waals surface area (Å²) in [7, 11) is 1.72. The summed E-state index contributed by atoms with van der Waals surface area (Å²) in [5.41, 5.74) is 0.0712. The number of likely N-dealkylation sites (tertiary alicyclic amines) is 1. The SMILES string of the molecule is CNc1ncc(C(=O)N2CC[C@@]3(CCCNC3=O)C2)cn1. The van der Waals surface area contributed by atoms with E-state index in [2.05, 4.69) is 20.6 Å². The number of rotatable bonds is 2. The highest BCUT2D eigenvalue weighted by Crippen LogP contribution is 2.37. The highest BCUT2D eigenvalue weighted by Gasteiger charge is 2.46. The smallest absolute Gasteiger partial charge is 0.257 e. The van der Waals surface area contributed by atoms with Gasteiger partial charge in [0.2, 0.25) is 11.9 Å². The van der Waals surface area contributed by atoms with E-state index in [1.165, 1.54) is 12.4 Å². The zero-order valence-corrected chi connectivity index (χ0v) is 12.1. The van der Waals surface area contributed by atoms with Gasteiger partial charge in [0.15, 0.2) is 0 Å². The molecule has 112 valence electrons. The predicted molar refractivity (Wildman–Crippen MR) is 76.8 cm³/mol. The van der Waals surface area contributed by atoms with E-state index in [9.17, 15) is 9.59 Å². The van der Waals surface area contributed by atoms with Crippen molar-refractivity contribution in [3.05, 3.63) is 18.0 Å². The van der Waals surface area contributed by atoms with Crippen molar-refractivity contribution in [3.8, 4) is 0 Å². The van der Waals surface area contributed by atoms with Crippen LogP contribution >= 0.6 is 0 Å². The molecule has 0 bridgehead atoms. The Labute approximate surface area is 123 Å². The Kier molecular flexibility index (Phi) is 3.48. The fourth-order valence-corrected chi connectivity index (χ4v) is 3.12. The lowest BCUT2D eigenvalue weighted by Crippen LogP contribution is -2.47. The molecule has 2 N–H and O–H groups in total. The maximum Gasteiger partial charge on any atom is 0.257 e. The van der Waals surface area contributed by atoms with Crippen LogP contribution in [-0.4, -0.2) is 53.4 Å². The average Bonchev–Trinajstić information content (AvgIpc) is 2.95. The van der Waals surface area contributed by atoms with Gasteiger partial charge >= 0.3 is 0 Å². The van der Waals surface area contributed by atoms with Crippen LogP contribution in [0, 0.1) is 5.41 Å². The molecule has 7 nitrogen and oxygen atoms in total. The van der Waals surface area contributed by atoms with E-state index in [4.69, 9.17) is 0 Å². The van der Waals surface area contributed by atoms with E-state index < -0.39 is 0 Å². The number of piperidine rings is 1. The van der Waals surface area contributed by atoms with Gasteiger partial charge in [-0.25, -0.2) is 9.97 Å². The number of aromatic nitrogens is 2. The van der Waals surface area contributed by atoms with Gasteiger partial charge < -0.3 is 15.5 Å². The molecule has 1 aromatic heterocycles. The quantitative estimate of drug-likeness (QED) is 0.815. The van der Waals surface area contributed by atoms with Gasteiger partial charge in [-0.05, 0) is 19.3 Å². The van der Waals surface area contributed by atoms with Gasteiger partial charge in [0.1, 0.15) is 0 Å². The molecule has 3 rings (SSSR count). The lowest BCUT2D eigenvalue weighted by atomic mass is 9.79. The van der Waals surface area contributed by atoms with Crippen LogP contribution < -0.4 is 10.6 Å². The van der Waals surface area contributed by atoms with Crippen molar-refractivity contribution in [1.29, 1.82) is 0 Å². The second kappa shape index (κ2) is 5.31. The van der Waals surface area contributed by atoms with Crippen LogP contribution in [0.25, 0.3) is 0 Å². The van der Waals surface area contributed by atoms with E-state index in [-0.39, 0.29) is 17.2 Å². The Hall–Kier alpha value is -2.18. The summed E-state index contributed by atoms with van der Waals surface area (Å²) >= 11 is 0. The van der Waals surface area contributed by atoms with E-state index in [0.29, 0.717) is 24.6 Å². The zero-order chi connectivity index (χ0) is 14.9. The van der Waals surface area contributed by atoms with Crippen molar-refractivity contribution < 1.29 is 9.59 Å². The minimum absolute atomic E-state index is 0.0887. The maximum atomic E-state index is 12.5. The molecule has 3 heterocycles. The monoisotopic (exact) mass is 289 g/mol. The van der Waals surface area contributed by atoms with Gasteiger partial charge in [0.05, 0.1) is 11.0 Å². The number of carbonyl (C=O) groups excluding carboxylic acids is 2. The lowest BCUT2D eigenvalue weighted by molar-refractivity contribution is -0.132. The van der Waals surface area contributed by atoms with E-state index in [0.717, 1.165) is 25.8 Å². The molecule has 2 fully saturated rings. The molecule has 7 heteroatoms. The molecule has 2 saturated heterocycles. The van der Waals surface area contributed by atoms with Crippen LogP contribution in [0.2, 0.25) is 0 Å². The molecule has 2 aliphatic rings. The molecule has 0 radical (unpaired) electrons. The fraction of sp³-hybridized carbons (Fsp3) is 0.571. The largest absolute Gasteiger partial charge is 0.357 e. The molecule has 0 saturated carbocycles. The minimum atomic E-state index is -0.389. The second-order valence-corrected chi connectivity index (χ2v) is 5.66. The van der Waals surface area contributed by atoms with Crippen molar-refractivity contribution in [2.75, 3.05) is 32.0 Å². The Morgan fingerprint density at radius 2 is 2.14 bits per heavy atom. The number of anilines is 1. The normalized spacial score (nSPS) is 25.0.